The lowest BCUT2D eigenvalue weighted by molar-refractivity contribution is -0.383. The number of nitrogens with zero attached hydrogens (tertiary/aromatic N) is 2. The van der Waals surface area contributed by atoms with Gasteiger partial charge in [-0.3, -0.25) is 10.1 Å². The van der Waals surface area contributed by atoms with Gasteiger partial charge in [0.1, 0.15) is 18.0 Å². The van der Waals surface area contributed by atoms with Crippen molar-refractivity contribution in [2.75, 3.05) is 6.61 Å². The molecule has 0 aromatic heterocycles. The number of para-hydroxylation sites is 1. The van der Waals surface area contributed by atoms with Gasteiger partial charge in [-0.2, -0.15) is 0 Å². The summed E-state index contributed by atoms with van der Waals surface area (Å²) in [5.41, 5.74) is -1.62. The molecule has 0 spiro atoms. The number of nitrogens with one attached hydrogen (secondary N) is 1. The number of rotatable bonds is 5. The van der Waals surface area contributed by atoms with Crippen molar-refractivity contribution in [2.45, 2.75) is 51.2 Å². The number of nitro benzene ring substituents is 1. The predicted molar refractivity (Wildman–Crippen MR) is 90.8 cm³/mol. The minimum atomic E-state index is -0.613. The molecular formula is C17H21N3O5. The van der Waals surface area contributed by atoms with E-state index in [4.69, 9.17) is 16.0 Å². The van der Waals surface area contributed by atoms with E-state index >= 15 is 0 Å². The summed E-state index contributed by atoms with van der Waals surface area (Å²) in [7, 11) is 0. The zero-order valence-corrected chi connectivity index (χ0v) is 14.5. The molecule has 25 heavy (non-hydrogen) atoms. The zero-order chi connectivity index (χ0) is 18.7. The van der Waals surface area contributed by atoms with Crippen LogP contribution < -0.4 is 10.1 Å². The molecule has 1 aliphatic rings. The monoisotopic (exact) mass is 347 g/mol. The first-order valence-corrected chi connectivity index (χ1v) is 7.95. The highest BCUT2D eigenvalue weighted by Gasteiger charge is 2.40. The van der Waals surface area contributed by atoms with Gasteiger partial charge < -0.3 is 14.8 Å². The Morgan fingerprint density at radius 3 is 2.60 bits per heavy atom. The third-order valence-corrected chi connectivity index (χ3v) is 3.87. The lowest BCUT2D eigenvalue weighted by atomic mass is 9.77. The molecule has 0 aliphatic heterocycles. The molecule has 1 amide bonds. The summed E-state index contributed by atoms with van der Waals surface area (Å²) >= 11 is 0. The van der Waals surface area contributed by atoms with Crippen molar-refractivity contribution < 1.29 is 19.2 Å². The third-order valence-electron chi connectivity index (χ3n) is 3.87. The smallest absolute Gasteiger partial charge is 0.408 e. The van der Waals surface area contributed by atoms with Crippen molar-refractivity contribution in [1.82, 2.24) is 5.32 Å². The van der Waals surface area contributed by atoms with E-state index in [-0.39, 0.29) is 23.7 Å². The first kappa shape index (κ1) is 18.5. The van der Waals surface area contributed by atoms with Crippen molar-refractivity contribution in [1.29, 1.82) is 0 Å². The summed E-state index contributed by atoms with van der Waals surface area (Å²) < 4.78 is 10.9. The Bertz CT molecular complexity index is 714. The Morgan fingerprint density at radius 1 is 1.44 bits per heavy atom. The maximum Gasteiger partial charge on any atom is 0.408 e. The van der Waals surface area contributed by atoms with Crippen molar-refractivity contribution >= 4 is 17.5 Å². The molecule has 0 atom stereocenters. The van der Waals surface area contributed by atoms with Gasteiger partial charge in [-0.25, -0.2) is 9.64 Å². The summed E-state index contributed by atoms with van der Waals surface area (Å²) in [6.45, 7) is 12.6. The fraction of sp³-hybridized carbons (Fsp3) is 0.529. The largest absolute Gasteiger partial charge is 0.502 e. The van der Waals surface area contributed by atoms with Crippen LogP contribution in [0.15, 0.2) is 18.2 Å². The topological polar surface area (TPSA) is 95.1 Å². The van der Waals surface area contributed by atoms with Crippen LogP contribution in [0.1, 0.15) is 40.0 Å². The molecule has 0 bridgehead atoms. The van der Waals surface area contributed by atoms with Gasteiger partial charge in [0.25, 0.3) is 5.69 Å². The van der Waals surface area contributed by atoms with Gasteiger partial charge in [0.05, 0.1) is 17.0 Å². The van der Waals surface area contributed by atoms with Crippen LogP contribution in [0, 0.1) is 16.7 Å². The highest BCUT2D eigenvalue weighted by Crippen LogP contribution is 2.39. The van der Waals surface area contributed by atoms with Gasteiger partial charge in [0.2, 0.25) is 0 Å². The molecule has 0 heterocycles. The second-order valence-electron chi connectivity index (χ2n) is 7.04. The average molecular weight is 347 g/mol. The second-order valence-corrected chi connectivity index (χ2v) is 7.04. The number of amides is 1. The Kier molecular flexibility index (Phi) is 5.16. The van der Waals surface area contributed by atoms with Crippen molar-refractivity contribution in [3.8, 4) is 5.75 Å². The van der Waals surface area contributed by atoms with Crippen LogP contribution in [0.2, 0.25) is 0 Å². The second kappa shape index (κ2) is 6.97. The summed E-state index contributed by atoms with van der Waals surface area (Å²) in [5.74, 6) is 0.140. The molecule has 8 heteroatoms. The fourth-order valence-corrected chi connectivity index (χ4v) is 2.53. The van der Waals surface area contributed by atoms with Crippen LogP contribution in [0.3, 0.4) is 0 Å². The summed E-state index contributed by atoms with van der Waals surface area (Å²) in [5, 5.41) is 13.8. The maximum atomic E-state index is 12.0. The standard InChI is InChI=1S/C17H21N3O5/c1-16(2,3)25-15(21)19-17(9-6-10-17)11-24-13-8-5-7-12(20(22)23)14(13)18-4/h5,7-8H,6,9-11H2,1-3H3,(H,19,21). The number of hydrogen-bond acceptors (Lipinski definition) is 5. The van der Waals surface area contributed by atoms with Crippen molar-refractivity contribution in [3.05, 3.63) is 39.7 Å². The average Bonchev–Trinajstić information content (AvgIpc) is 2.47. The number of carbonyl (C=O) groups is 1. The molecule has 8 nitrogen and oxygen atoms in total. The predicted octanol–water partition coefficient (Wildman–Crippen LogP) is 3.97. The molecule has 1 aromatic carbocycles. The van der Waals surface area contributed by atoms with Gasteiger partial charge in [0, 0.05) is 6.07 Å². The Morgan fingerprint density at radius 2 is 2.12 bits per heavy atom. The highest BCUT2D eigenvalue weighted by molar-refractivity contribution is 5.71. The van der Waals surface area contributed by atoms with Crippen LogP contribution in [0.5, 0.6) is 5.75 Å². The van der Waals surface area contributed by atoms with E-state index in [2.05, 4.69) is 10.2 Å². The minimum Gasteiger partial charge on any atom is -0.502 e. The number of ether oxygens (including phenoxy) is 2. The lowest BCUT2D eigenvalue weighted by Crippen LogP contribution is -2.58. The number of carbonyl (C=O) groups excluding carboxylic acids is 1. The molecule has 0 radical (unpaired) electrons. The van der Waals surface area contributed by atoms with E-state index in [1.807, 2.05) is 0 Å². The Labute approximate surface area is 146 Å². The first-order chi connectivity index (χ1) is 11.7. The Balaban J connectivity index is 2.09. The van der Waals surface area contributed by atoms with Crippen LogP contribution in [0.4, 0.5) is 16.2 Å². The zero-order valence-electron chi connectivity index (χ0n) is 14.5. The SMILES string of the molecule is [C-]#[N+]c1c(OCC2(NC(=O)OC(C)(C)C)CCC2)cccc1[N+](=O)[O-]. The van der Waals surface area contributed by atoms with E-state index in [9.17, 15) is 14.9 Å². The van der Waals surface area contributed by atoms with Gasteiger partial charge in [-0.1, -0.05) is 6.07 Å². The maximum absolute atomic E-state index is 12.0. The molecule has 2 rings (SSSR count). The lowest BCUT2D eigenvalue weighted by Gasteiger charge is -2.42. The number of alkyl carbamates (subject to hydrolysis) is 1. The fourth-order valence-electron chi connectivity index (χ4n) is 2.53. The number of benzene rings is 1. The molecule has 1 saturated carbocycles. The van der Waals surface area contributed by atoms with Gasteiger partial charge in [-0.15, -0.1) is 0 Å². The summed E-state index contributed by atoms with van der Waals surface area (Å²) in [6.07, 6.45) is 1.84. The number of nitro groups is 1. The quantitative estimate of drug-likeness (QED) is 0.494. The molecule has 134 valence electrons. The van der Waals surface area contributed by atoms with Gasteiger partial charge in [0.15, 0.2) is 0 Å². The molecule has 1 aromatic rings. The van der Waals surface area contributed by atoms with E-state index in [0.29, 0.717) is 12.8 Å². The minimum absolute atomic E-state index is 0.121. The molecule has 1 aliphatic carbocycles. The molecule has 0 saturated heterocycles. The molecular weight excluding hydrogens is 326 g/mol. The van der Waals surface area contributed by atoms with Crippen LogP contribution in [-0.4, -0.2) is 28.8 Å². The van der Waals surface area contributed by atoms with Crippen molar-refractivity contribution in [2.24, 2.45) is 0 Å². The number of hydrogen-bond donors (Lipinski definition) is 1. The van der Waals surface area contributed by atoms with E-state index in [1.54, 1.807) is 20.8 Å². The van der Waals surface area contributed by atoms with Crippen LogP contribution in [0.25, 0.3) is 4.85 Å². The van der Waals surface area contributed by atoms with Gasteiger partial charge >= 0.3 is 11.8 Å². The van der Waals surface area contributed by atoms with E-state index < -0.39 is 22.2 Å². The van der Waals surface area contributed by atoms with E-state index in [1.165, 1.54) is 18.2 Å². The van der Waals surface area contributed by atoms with E-state index in [0.717, 1.165) is 6.42 Å². The first-order valence-electron chi connectivity index (χ1n) is 7.95. The normalized spacial score (nSPS) is 15.4. The van der Waals surface area contributed by atoms with Crippen LogP contribution in [-0.2, 0) is 4.74 Å². The van der Waals surface area contributed by atoms with Crippen molar-refractivity contribution in [3.63, 3.8) is 0 Å². The summed E-state index contributed by atoms with van der Waals surface area (Å²) in [6, 6.07) is 4.25. The third kappa shape index (κ3) is 4.59. The molecule has 0 unspecified atom stereocenters. The molecule has 1 N–H and O–H groups in total. The molecule has 1 fully saturated rings. The summed E-state index contributed by atoms with van der Waals surface area (Å²) in [4.78, 5) is 25.6. The van der Waals surface area contributed by atoms with Gasteiger partial charge in [-0.05, 0) is 46.1 Å². The highest BCUT2D eigenvalue weighted by atomic mass is 16.6. The Hall–Kier alpha value is -2.82. The van der Waals surface area contributed by atoms with Crippen LogP contribution >= 0.6 is 0 Å².